The zero-order chi connectivity index (χ0) is 25.4. The van der Waals surface area contributed by atoms with Crippen LogP contribution in [-0.4, -0.2) is 60.3 Å². The van der Waals surface area contributed by atoms with Crippen LogP contribution in [0.15, 0.2) is 65.7 Å². The molecule has 1 heterocycles. The van der Waals surface area contributed by atoms with Crippen LogP contribution >= 0.6 is 50.8 Å². The fourth-order valence-electron chi connectivity index (χ4n) is 2.42. The van der Waals surface area contributed by atoms with Gasteiger partial charge in [0.2, 0.25) is 5.90 Å². The molecule has 10 heteroatoms. The summed E-state index contributed by atoms with van der Waals surface area (Å²) in [6, 6.07) is 19.6. The van der Waals surface area contributed by atoms with Crippen LogP contribution in [0.3, 0.4) is 0 Å². The Hall–Kier alpha value is -0.397. The molecule has 2 atom stereocenters. The predicted molar refractivity (Wildman–Crippen MR) is 154 cm³/mol. The van der Waals surface area contributed by atoms with Crippen LogP contribution in [-0.2, 0) is 17.9 Å². The normalized spacial score (nSPS) is 14.1. The maximum atomic E-state index is 8.43. The molecule has 0 amide bonds. The number of ether oxygens (including phenoxy) is 1. The topological polar surface area (TPSA) is 72.2 Å². The quantitative estimate of drug-likeness (QED) is 0.243. The zero-order valence-corrected chi connectivity index (χ0v) is 27.5. The molecule has 2 aromatic rings. The number of nitrogens with two attached hydrogens (primary N) is 1. The van der Waals surface area contributed by atoms with Gasteiger partial charge in [-0.25, -0.2) is 9.84 Å². The molecule has 0 saturated carbocycles. The predicted octanol–water partition coefficient (Wildman–Crippen LogP) is 6.57. The number of rotatable bonds is 8. The first kappa shape index (κ1) is 33.6. The van der Waals surface area contributed by atoms with Gasteiger partial charge in [-0.15, -0.1) is 0 Å². The Bertz CT molecular complexity index is 800. The van der Waals surface area contributed by atoms with Crippen molar-refractivity contribution in [2.75, 3.05) is 37.2 Å². The number of para-hydroxylation sites is 1. The summed E-state index contributed by atoms with van der Waals surface area (Å²) >= 11 is 9.86. The molecule has 0 saturated heterocycles. The molecule has 0 unspecified atom stereocenters. The molecule has 1 aliphatic heterocycles. The number of benzene rings is 2. The van der Waals surface area contributed by atoms with E-state index in [9.17, 15) is 0 Å². The second-order valence-electron chi connectivity index (χ2n) is 6.82. The Balaban J connectivity index is 0.000000490. The molecule has 184 valence electrons. The van der Waals surface area contributed by atoms with Crippen LogP contribution < -0.4 is 5.73 Å². The van der Waals surface area contributed by atoms with E-state index in [1.165, 1.54) is 0 Å². The van der Waals surface area contributed by atoms with Crippen molar-refractivity contribution in [1.82, 2.24) is 0 Å². The number of hydrogen-bond donors (Lipinski definition) is 2. The summed E-state index contributed by atoms with van der Waals surface area (Å²) in [5, 5.41) is 8.43. The van der Waals surface area contributed by atoms with Gasteiger partial charge in [0.15, 0.2) is 5.69 Å². The molecule has 0 aliphatic carbocycles. The standard InChI is InChI=1S/C12H15NOS.C7H5N.C5H13NOS.2BrH.Zn/c1-15-8-7-11-9-14-12(13-11)10-5-3-2-4-6-10;1-8-7-5-3-2-4-6-7;1-8-3-2-5(6)4-7;;;/h2-6,11H,7-9H2,1H3;2-6H;5,7H,2-4,6H2,1H3;2*1H;/q;;;;;+2/p-2/t11-;;5-;;;/m0.0.../s1. The van der Waals surface area contributed by atoms with Crippen LogP contribution in [0.25, 0.3) is 4.85 Å². The molecule has 34 heavy (non-hydrogen) atoms. The summed E-state index contributed by atoms with van der Waals surface area (Å²) < 4.78 is 5.59. The van der Waals surface area contributed by atoms with Gasteiger partial charge < -0.3 is 15.6 Å². The fourth-order valence-corrected chi connectivity index (χ4v) is 3.47. The Morgan fingerprint density at radius 3 is 2.15 bits per heavy atom. The van der Waals surface area contributed by atoms with E-state index in [1.54, 1.807) is 23.9 Å². The van der Waals surface area contributed by atoms with Gasteiger partial charge in [-0.1, -0.05) is 48.5 Å². The van der Waals surface area contributed by atoms with Gasteiger partial charge in [0.25, 0.3) is 0 Å². The molecule has 3 N–H and O–H groups in total. The first-order chi connectivity index (χ1) is 16.6. The van der Waals surface area contributed by atoms with E-state index in [4.69, 9.17) is 22.1 Å². The molecular formula is C24H33Br2N3O2S2Zn. The van der Waals surface area contributed by atoms with E-state index in [0.29, 0.717) is 11.7 Å². The van der Waals surface area contributed by atoms with Crippen molar-refractivity contribution in [3.05, 3.63) is 77.6 Å². The van der Waals surface area contributed by atoms with Crippen molar-refractivity contribution in [1.29, 1.82) is 0 Å². The molecule has 0 bridgehead atoms. The van der Waals surface area contributed by atoms with Crippen molar-refractivity contribution in [2.45, 2.75) is 24.9 Å². The van der Waals surface area contributed by atoms with Gasteiger partial charge in [0, 0.05) is 11.6 Å². The Labute approximate surface area is 234 Å². The minimum atomic E-state index is -0.250. The van der Waals surface area contributed by atoms with Crippen molar-refractivity contribution < 1.29 is 23.1 Å². The molecule has 3 rings (SSSR count). The van der Waals surface area contributed by atoms with E-state index in [2.05, 4.69) is 43.3 Å². The average Bonchev–Trinajstić information content (AvgIpc) is 3.37. The number of aliphatic imine (C=N–C) groups is 1. The molecule has 0 aromatic heterocycles. The fraction of sp³-hybridized carbons (Fsp3) is 0.417. The maximum Gasteiger partial charge on any atom is 0.187 e. The summed E-state index contributed by atoms with van der Waals surface area (Å²) in [4.78, 5) is 7.80. The van der Waals surface area contributed by atoms with Crippen molar-refractivity contribution in [2.24, 2.45) is 10.7 Å². The number of thioether (sulfide) groups is 2. The SMILES string of the molecule is CSCC[C@H](N)CO.CSCC[C@H]1COC(c2ccccc2)=N1.[Br][Zn][Br].[C-]#[N+]c1ccccc1. The van der Waals surface area contributed by atoms with E-state index in [1.807, 2.05) is 66.5 Å². The van der Waals surface area contributed by atoms with Crippen LogP contribution in [0.1, 0.15) is 18.4 Å². The second-order valence-corrected chi connectivity index (χ2v) is 22.9. The molecule has 0 spiro atoms. The Morgan fingerprint density at radius 2 is 1.68 bits per heavy atom. The maximum absolute atomic E-state index is 8.43. The summed E-state index contributed by atoms with van der Waals surface area (Å²) in [7, 11) is 0. The Kier molecular flexibility index (Phi) is 24.0. The van der Waals surface area contributed by atoms with Gasteiger partial charge in [0.05, 0.1) is 19.2 Å². The number of hydrogen-bond acceptors (Lipinski definition) is 6. The third kappa shape index (κ3) is 18.0. The summed E-state index contributed by atoms with van der Waals surface area (Å²) in [6.07, 6.45) is 6.18. The van der Waals surface area contributed by atoms with E-state index < -0.39 is 0 Å². The van der Waals surface area contributed by atoms with Crippen LogP contribution in [0, 0.1) is 6.57 Å². The van der Waals surface area contributed by atoms with Gasteiger partial charge in [0.1, 0.15) is 6.61 Å². The summed E-state index contributed by atoms with van der Waals surface area (Å²) in [5.74, 6) is 3.00. The molecule has 0 radical (unpaired) electrons. The molecule has 0 fully saturated rings. The second kappa shape index (κ2) is 24.3. The number of aliphatic hydroxyl groups is 1. The zero-order valence-electron chi connectivity index (χ0n) is 19.8. The van der Waals surface area contributed by atoms with Gasteiger partial charge >= 0.3 is 40.5 Å². The largest absolute Gasteiger partial charge is 0.238 e. The molecular weight excluding hydrogens is 652 g/mol. The van der Waals surface area contributed by atoms with Gasteiger partial charge in [-0.3, -0.25) is 0 Å². The van der Waals surface area contributed by atoms with E-state index in [-0.39, 0.29) is 25.9 Å². The third-order valence-corrected chi connectivity index (χ3v) is 5.49. The first-order valence-electron chi connectivity index (χ1n) is 10.7. The summed E-state index contributed by atoms with van der Waals surface area (Å²) in [5.41, 5.74) is 7.18. The van der Waals surface area contributed by atoms with E-state index >= 15 is 0 Å². The van der Waals surface area contributed by atoms with E-state index in [0.717, 1.165) is 42.4 Å². The first-order valence-corrected chi connectivity index (χ1v) is 27.4. The average molecular weight is 685 g/mol. The number of nitrogens with zero attached hydrogens (tertiary/aromatic N) is 2. The van der Waals surface area contributed by atoms with Gasteiger partial charge in [-0.2, -0.15) is 23.5 Å². The molecule has 1 aliphatic rings. The minimum absolute atomic E-state index is 0.0116. The van der Waals surface area contributed by atoms with Crippen LogP contribution in [0.5, 0.6) is 0 Å². The molecule has 2 aromatic carbocycles. The van der Waals surface area contributed by atoms with Crippen LogP contribution in [0.2, 0.25) is 0 Å². The van der Waals surface area contributed by atoms with Crippen molar-refractivity contribution in [3.63, 3.8) is 0 Å². The van der Waals surface area contributed by atoms with Crippen LogP contribution in [0.4, 0.5) is 5.69 Å². The smallest absolute Gasteiger partial charge is 0.187 e. The number of aliphatic hydroxyl groups excluding tert-OH is 1. The Morgan fingerprint density at radius 1 is 1.12 bits per heavy atom. The minimum Gasteiger partial charge on any atom is -0.238 e. The monoisotopic (exact) mass is 681 g/mol. The number of halogens is 2. The third-order valence-electron chi connectivity index (χ3n) is 4.20. The molecule has 5 nitrogen and oxygen atoms in total. The summed E-state index contributed by atoms with van der Waals surface area (Å²) in [6.45, 7) is 7.42. The van der Waals surface area contributed by atoms with Crippen molar-refractivity contribution >= 4 is 62.4 Å². The van der Waals surface area contributed by atoms with Gasteiger partial charge in [-0.05, 0) is 49.0 Å². The van der Waals surface area contributed by atoms with Crippen molar-refractivity contribution in [3.8, 4) is 0 Å².